The molecule has 0 heterocycles. The largest absolute Gasteiger partial charge is 0.397 e. The molecule has 18 heavy (non-hydrogen) atoms. The van der Waals surface area contributed by atoms with E-state index in [2.05, 4.69) is 10.6 Å². The number of benzene rings is 1. The minimum Gasteiger partial charge on any atom is -0.397 e. The smallest absolute Gasteiger partial charge is 0.251 e. The van der Waals surface area contributed by atoms with Gasteiger partial charge in [0, 0.05) is 19.2 Å². The number of aliphatic hydroxyl groups excluding tert-OH is 1. The molecule has 6 heteroatoms. The summed E-state index contributed by atoms with van der Waals surface area (Å²) in [5, 5.41) is 14.2. The van der Waals surface area contributed by atoms with Crippen molar-refractivity contribution < 1.29 is 14.6 Å². The average molecular weight is 253 g/mol. The molecule has 0 unspecified atom stereocenters. The van der Waals surface area contributed by atoms with Crippen LogP contribution in [0.15, 0.2) is 18.2 Å². The average Bonchev–Trinajstić information content (AvgIpc) is 2.39. The normalized spacial score (nSPS) is 10.1. The number of carbonyl (C=O) groups is 1. The van der Waals surface area contributed by atoms with Crippen molar-refractivity contribution in [3.8, 4) is 0 Å². The highest BCUT2D eigenvalue weighted by molar-refractivity contribution is 5.96. The minimum absolute atomic E-state index is 0.00823. The Balaban J connectivity index is 2.56. The summed E-state index contributed by atoms with van der Waals surface area (Å²) < 4.78 is 5.11. The molecule has 0 aliphatic rings. The van der Waals surface area contributed by atoms with E-state index >= 15 is 0 Å². The van der Waals surface area contributed by atoms with Crippen LogP contribution >= 0.6 is 0 Å². The third kappa shape index (κ3) is 4.23. The van der Waals surface area contributed by atoms with Gasteiger partial charge in [0.05, 0.1) is 31.2 Å². The van der Waals surface area contributed by atoms with Gasteiger partial charge in [-0.05, 0) is 18.2 Å². The molecule has 6 nitrogen and oxygen atoms in total. The summed E-state index contributed by atoms with van der Waals surface area (Å²) in [4.78, 5) is 11.5. The first-order chi connectivity index (χ1) is 8.69. The maximum Gasteiger partial charge on any atom is 0.251 e. The van der Waals surface area contributed by atoms with Crippen molar-refractivity contribution in [2.45, 2.75) is 0 Å². The first-order valence-corrected chi connectivity index (χ1v) is 5.73. The van der Waals surface area contributed by atoms with E-state index in [4.69, 9.17) is 15.6 Å². The van der Waals surface area contributed by atoms with Gasteiger partial charge < -0.3 is 26.2 Å². The van der Waals surface area contributed by atoms with Crippen LogP contribution in [0.1, 0.15) is 10.4 Å². The van der Waals surface area contributed by atoms with Gasteiger partial charge in [0.15, 0.2) is 0 Å². The Morgan fingerprint density at radius 3 is 2.89 bits per heavy atom. The van der Waals surface area contributed by atoms with Crippen LogP contribution < -0.4 is 16.4 Å². The van der Waals surface area contributed by atoms with Crippen molar-refractivity contribution in [2.24, 2.45) is 0 Å². The van der Waals surface area contributed by atoms with E-state index in [1.165, 1.54) is 0 Å². The minimum atomic E-state index is -0.158. The Labute approximate surface area is 106 Å². The first-order valence-electron chi connectivity index (χ1n) is 5.73. The highest BCUT2D eigenvalue weighted by atomic mass is 16.5. The number of nitrogen functional groups attached to an aromatic ring is 1. The van der Waals surface area contributed by atoms with Gasteiger partial charge in [-0.1, -0.05) is 0 Å². The number of nitrogens with two attached hydrogens (primary N) is 1. The fourth-order valence-corrected chi connectivity index (χ4v) is 1.42. The third-order valence-electron chi connectivity index (χ3n) is 2.34. The van der Waals surface area contributed by atoms with Gasteiger partial charge in [-0.15, -0.1) is 0 Å². The van der Waals surface area contributed by atoms with Crippen molar-refractivity contribution in [2.75, 3.05) is 44.5 Å². The quantitative estimate of drug-likeness (QED) is 0.407. The molecule has 0 radical (unpaired) electrons. The van der Waals surface area contributed by atoms with Crippen molar-refractivity contribution >= 4 is 17.3 Å². The van der Waals surface area contributed by atoms with E-state index in [0.29, 0.717) is 36.7 Å². The molecule has 100 valence electrons. The Morgan fingerprint density at radius 2 is 2.22 bits per heavy atom. The summed E-state index contributed by atoms with van der Waals surface area (Å²) >= 11 is 0. The summed E-state index contributed by atoms with van der Waals surface area (Å²) in [5.41, 5.74) is 7.62. The number of amides is 1. The van der Waals surface area contributed by atoms with Gasteiger partial charge in [-0.25, -0.2) is 0 Å². The molecule has 0 saturated heterocycles. The fourth-order valence-electron chi connectivity index (χ4n) is 1.42. The number of anilines is 2. The van der Waals surface area contributed by atoms with Gasteiger partial charge in [0.1, 0.15) is 0 Å². The molecule has 1 amide bonds. The summed E-state index contributed by atoms with van der Waals surface area (Å²) in [7, 11) is 1.58. The zero-order chi connectivity index (χ0) is 13.4. The molecule has 0 spiro atoms. The molecule has 0 aromatic heterocycles. The predicted molar refractivity (Wildman–Crippen MR) is 70.6 cm³/mol. The topological polar surface area (TPSA) is 96.6 Å². The number of hydrogen-bond donors (Lipinski definition) is 4. The fraction of sp³-hybridized carbons (Fsp3) is 0.417. The summed E-state index contributed by atoms with van der Waals surface area (Å²) in [5.74, 6) is -0.158. The Kier molecular flexibility index (Phi) is 5.96. The van der Waals surface area contributed by atoms with Crippen molar-refractivity contribution in [3.05, 3.63) is 23.8 Å². The van der Waals surface area contributed by atoms with Crippen molar-refractivity contribution in [3.63, 3.8) is 0 Å². The van der Waals surface area contributed by atoms with Crippen LogP contribution in [-0.4, -0.2) is 44.4 Å². The Morgan fingerprint density at radius 1 is 1.44 bits per heavy atom. The number of carbonyl (C=O) groups excluding carboxylic acids is 1. The first kappa shape index (κ1) is 14.3. The maximum atomic E-state index is 11.5. The second-order valence-electron chi connectivity index (χ2n) is 3.64. The van der Waals surface area contributed by atoms with E-state index in [0.717, 1.165) is 0 Å². The lowest BCUT2D eigenvalue weighted by Gasteiger charge is -2.11. The molecule has 1 aromatic carbocycles. The Bertz CT molecular complexity index is 396. The summed E-state index contributed by atoms with van der Waals surface area (Å²) in [6, 6.07) is 5.04. The predicted octanol–water partition coefficient (Wildman–Crippen LogP) is 0.0492. The third-order valence-corrected chi connectivity index (χ3v) is 2.34. The van der Waals surface area contributed by atoms with Crippen molar-refractivity contribution in [1.82, 2.24) is 5.32 Å². The molecular weight excluding hydrogens is 234 g/mol. The molecule has 0 fully saturated rings. The second-order valence-corrected chi connectivity index (χ2v) is 3.64. The number of nitrogens with one attached hydrogen (secondary N) is 2. The molecule has 5 N–H and O–H groups in total. The van der Waals surface area contributed by atoms with Gasteiger partial charge in [0.25, 0.3) is 5.91 Å². The monoisotopic (exact) mass is 253 g/mol. The maximum absolute atomic E-state index is 11.5. The van der Waals surface area contributed by atoms with E-state index in [9.17, 15) is 4.79 Å². The lowest BCUT2D eigenvalue weighted by atomic mass is 10.1. The van der Waals surface area contributed by atoms with Crippen LogP contribution in [0.5, 0.6) is 0 Å². The van der Waals surface area contributed by atoms with E-state index in [1.807, 2.05) is 0 Å². The molecule has 0 saturated carbocycles. The van der Waals surface area contributed by atoms with E-state index < -0.39 is 0 Å². The molecule has 0 atom stereocenters. The SMILES string of the molecule is CNC(=O)c1ccc(N)c(NCCOCCO)c1. The lowest BCUT2D eigenvalue weighted by Crippen LogP contribution is -2.18. The zero-order valence-corrected chi connectivity index (χ0v) is 10.4. The van der Waals surface area contributed by atoms with Crippen LogP contribution in [0.2, 0.25) is 0 Å². The van der Waals surface area contributed by atoms with Gasteiger partial charge >= 0.3 is 0 Å². The van der Waals surface area contributed by atoms with Crippen LogP contribution in [0.3, 0.4) is 0 Å². The molecular formula is C12H19N3O3. The highest BCUT2D eigenvalue weighted by Gasteiger charge is 2.06. The number of hydrogen-bond acceptors (Lipinski definition) is 5. The number of rotatable bonds is 7. The standard InChI is InChI=1S/C12H19N3O3/c1-14-12(17)9-2-3-10(13)11(8-9)15-4-6-18-7-5-16/h2-3,8,15-16H,4-7,13H2,1H3,(H,14,17). The number of ether oxygens (including phenoxy) is 1. The highest BCUT2D eigenvalue weighted by Crippen LogP contribution is 2.19. The van der Waals surface area contributed by atoms with Crippen LogP contribution in [0.25, 0.3) is 0 Å². The molecule has 0 bridgehead atoms. The molecule has 1 aromatic rings. The zero-order valence-electron chi connectivity index (χ0n) is 10.4. The lowest BCUT2D eigenvalue weighted by molar-refractivity contribution is 0.0963. The molecule has 0 aliphatic carbocycles. The number of aliphatic hydroxyl groups is 1. The van der Waals surface area contributed by atoms with E-state index in [-0.39, 0.29) is 12.5 Å². The van der Waals surface area contributed by atoms with Gasteiger partial charge in [0.2, 0.25) is 0 Å². The van der Waals surface area contributed by atoms with Crippen LogP contribution in [-0.2, 0) is 4.74 Å². The molecule has 1 rings (SSSR count). The van der Waals surface area contributed by atoms with Crippen LogP contribution in [0, 0.1) is 0 Å². The van der Waals surface area contributed by atoms with Crippen molar-refractivity contribution in [1.29, 1.82) is 0 Å². The van der Waals surface area contributed by atoms with Crippen LogP contribution in [0.4, 0.5) is 11.4 Å². The van der Waals surface area contributed by atoms with Gasteiger partial charge in [-0.2, -0.15) is 0 Å². The Hall–Kier alpha value is -1.79. The van der Waals surface area contributed by atoms with Gasteiger partial charge in [-0.3, -0.25) is 4.79 Å². The van der Waals surface area contributed by atoms with E-state index in [1.54, 1.807) is 25.2 Å². The second kappa shape index (κ2) is 7.52. The summed E-state index contributed by atoms with van der Waals surface area (Å²) in [6.07, 6.45) is 0. The summed E-state index contributed by atoms with van der Waals surface area (Å²) in [6.45, 7) is 1.34. The molecule has 0 aliphatic heterocycles.